The van der Waals surface area contributed by atoms with Crippen molar-refractivity contribution in [2.45, 2.75) is 84.0 Å². The third kappa shape index (κ3) is 7.09. The Morgan fingerprint density at radius 3 is 2.03 bits per heavy atom. The summed E-state index contributed by atoms with van der Waals surface area (Å²) in [7, 11) is 0. The zero-order valence-electron chi connectivity index (χ0n) is 19.5. The molecule has 0 spiro atoms. The van der Waals surface area contributed by atoms with Gasteiger partial charge in [-0.05, 0) is 73.3 Å². The van der Waals surface area contributed by atoms with Crippen LogP contribution in [0.25, 0.3) is 11.1 Å². The van der Waals surface area contributed by atoms with E-state index in [9.17, 15) is 4.79 Å². The molecular formula is C29H39NO. The third-order valence-corrected chi connectivity index (χ3v) is 6.81. The van der Waals surface area contributed by atoms with Crippen LogP contribution in [0.5, 0.6) is 0 Å². The number of amides is 1. The molecule has 0 radical (unpaired) electrons. The van der Waals surface area contributed by atoms with Gasteiger partial charge in [-0.15, -0.1) is 0 Å². The Labute approximate surface area is 189 Å². The lowest BCUT2D eigenvalue weighted by molar-refractivity contribution is -0.112. The predicted octanol–water partition coefficient (Wildman–Crippen LogP) is 8.50. The average molecular weight is 418 g/mol. The van der Waals surface area contributed by atoms with Crippen molar-refractivity contribution in [3.8, 4) is 11.1 Å². The number of nitrogens with one attached hydrogen (secondary N) is 1. The first-order chi connectivity index (χ1) is 15.1. The normalized spacial score (nSPS) is 18.5. The minimum atomic E-state index is -0.136. The van der Waals surface area contributed by atoms with Crippen LogP contribution in [0, 0.1) is 5.92 Å². The Hall–Kier alpha value is -2.35. The molecule has 0 bridgehead atoms. The number of unbranched alkanes of at least 4 members (excludes halogenated alkanes) is 4. The molecule has 0 unspecified atom stereocenters. The number of hydrogen-bond acceptors (Lipinski definition) is 1. The van der Waals surface area contributed by atoms with Crippen LogP contribution < -0.4 is 5.32 Å². The van der Waals surface area contributed by atoms with Crippen molar-refractivity contribution >= 4 is 11.6 Å². The Balaban J connectivity index is 1.48. The van der Waals surface area contributed by atoms with Crippen LogP contribution in [0.4, 0.5) is 5.69 Å². The molecule has 0 aliphatic heterocycles. The van der Waals surface area contributed by atoms with Crippen molar-refractivity contribution in [2.24, 2.45) is 5.92 Å². The second kappa shape index (κ2) is 11.9. The Kier molecular flexibility index (Phi) is 8.94. The van der Waals surface area contributed by atoms with Crippen LogP contribution in [0.15, 0.2) is 60.7 Å². The summed E-state index contributed by atoms with van der Waals surface area (Å²) in [5.74, 6) is 1.55. The molecule has 31 heavy (non-hydrogen) atoms. The van der Waals surface area contributed by atoms with E-state index in [0.29, 0.717) is 5.57 Å². The van der Waals surface area contributed by atoms with Crippen LogP contribution in [-0.2, 0) is 4.79 Å². The van der Waals surface area contributed by atoms with Crippen molar-refractivity contribution in [1.82, 2.24) is 0 Å². The molecule has 1 fully saturated rings. The van der Waals surface area contributed by atoms with Crippen LogP contribution in [0.2, 0.25) is 0 Å². The van der Waals surface area contributed by atoms with Gasteiger partial charge in [0.2, 0.25) is 0 Å². The van der Waals surface area contributed by atoms with E-state index in [-0.39, 0.29) is 5.91 Å². The molecule has 1 aliphatic carbocycles. The number of hydrogen-bond donors (Lipinski definition) is 1. The van der Waals surface area contributed by atoms with Crippen molar-refractivity contribution in [3.05, 3.63) is 66.2 Å². The molecule has 2 heteroatoms. The largest absolute Gasteiger partial charge is 0.322 e. The molecule has 3 rings (SSSR count). The van der Waals surface area contributed by atoms with Crippen LogP contribution >= 0.6 is 0 Å². The summed E-state index contributed by atoms with van der Waals surface area (Å²) in [6.45, 7) is 7.68. The van der Waals surface area contributed by atoms with Gasteiger partial charge in [0.15, 0.2) is 0 Å². The van der Waals surface area contributed by atoms with Crippen LogP contribution in [0.3, 0.4) is 0 Å². The molecule has 1 amide bonds. The van der Waals surface area contributed by atoms with E-state index in [0.717, 1.165) is 17.5 Å². The Morgan fingerprint density at radius 1 is 0.871 bits per heavy atom. The van der Waals surface area contributed by atoms with Gasteiger partial charge in [0, 0.05) is 11.3 Å². The van der Waals surface area contributed by atoms with Gasteiger partial charge in [-0.2, -0.15) is 0 Å². The van der Waals surface area contributed by atoms with Crippen molar-refractivity contribution in [3.63, 3.8) is 0 Å². The highest BCUT2D eigenvalue weighted by Crippen LogP contribution is 2.38. The SMILES string of the molecule is C=C(C)C(=O)Nc1ccc(-c2ccc(C3CCC(CCCCCCC)CC3)cc2)cc1. The topological polar surface area (TPSA) is 29.1 Å². The minimum Gasteiger partial charge on any atom is -0.322 e. The Morgan fingerprint density at radius 2 is 1.45 bits per heavy atom. The number of carbonyl (C=O) groups is 1. The third-order valence-electron chi connectivity index (χ3n) is 6.81. The number of carbonyl (C=O) groups excluding carboxylic acids is 1. The average Bonchev–Trinajstić information content (AvgIpc) is 2.80. The van der Waals surface area contributed by atoms with Crippen molar-refractivity contribution in [1.29, 1.82) is 0 Å². The Bertz CT molecular complexity index is 826. The number of anilines is 1. The van der Waals surface area contributed by atoms with Gasteiger partial charge in [-0.1, -0.05) is 88.4 Å². The first kappa shape index (κ1) is 23.3. The smallest absolute Gasteiger partial charge is 0.250 e. The lowest BCUT2D eigenvalue weighted by atomic mass is 9.77. The van der Waals surface area contributed by atoms with Gasteiger partial charge in [-0.25, -0.2) is 0 Å². The lowest BCUT2D eigenvalue weighted by Crippen LogP contribution is -2.13. The van der Waals surface area contributed by atoms with Crippen molar-refractivity contribution in [2.75, 3.05) is 5.32 Å². The molecule has 1 N–H and O–H groups in total. The summed E-state index contributed by atoms with van der Waals surface area (Å²) in [6.07, 6.45) is 13.9. The molecule has 2 aromatic carbocycles. The molecule has 0 aromatic heterocycles. The molecule has 0 saturated heterocycles. The summed E-state index contributed by atoms with van der Waals surface area (Å²) in [6, 6.07) is 17.2. The maximum atomic E-state index is 11.8. The van der Waals surface area contributed by atoms with E-state index in [4.69, 9.17) is 0 Å². The van der Waals surface area contributed by atoms with Gasteiger partial charge in [-0.3, -0.25) is 4.79 Å². The quantitative estimate of drug-likeness (QED) is 0.305. The lowest BCUT2D eigenvalue weighted by Gasteiger charge is -2.29. The summed E-state index contributed by atoms with van der Waals surface area (Å²) in [5.41, 5.74) is 5.21. The van der Waals surface area contributed by atoms with Gasteiger partial charge < -0.3 is 5.32 Å². The van der Waals surface area contributed by atoms with E-state index in [2.05, 4.69) is 55.2 Å². The van der Waals surface area contributed by atoms with Crippen LogP contribution in [0.1, 0.15) is 89.5 Å². The fourth-order valence-corrected chi connectivity index (χ4v) is 4.75. The molecule has 2 aromatic rings. The first-order valence-corrected chi connectivity index (χ1v) is 12.2. The molecule has 2 nitrogen and oxygen atoms in total. The summed E-state index contributed by atoms with van der Waals surface area (Å²) in [5, 5.41) is 2.86. The van der Waals surface area contributed by atoms with Gasteiger partial charge in [0.05, 0.1) is 0 Å². The summed E-state index contributed by atoms with van der Waals surface area (Å²) >= 11 is 0. The van der Waals surface area contributed by atoms with Crippen molar-refractivity contribution < 1.29 is 4.79 Å². The van der Waals surface area contributed by atoms with E-state index < -0.39 is 0 Å². The standard InChI is InChI=1S/C29H39NO/c1-4-5-6-7-8-9-23-10-12-24(13-11-23)25-14-16-26(17-15-25)27-18-20-28(21-19-27)30-29(31)22(2)3/h14-21,23-24H,2,4-13H2,1,3H3,(H,30,31). The van der Waals surface area contributed by atoms with E-state index in [1.807, 2.05) is 12.1 Å². The summed E-state index contributed by atoms with van der Waals surface area (Å²) in [4.78, 5) is 11.8. The zero-order valence-corrected chi connectivity index (χ0v) is 19.5. The first-order valence-electron chi connectivity index (χ1n) is 12.2. The van der Waals surface area contributed by atoms with Gasteiger partial charge >= 0.3 is 0 Å². The highest BCUT2D eigenvalue weighted by atomic mass is 16.1. The fraction of sp³-hybridized carbons (Fsp3) is 0.483. The second-order valence-electron chi connectivity index (χ2n) is 9.35. The van der Waals surface area contributed by atoms with E-state index in [1.54, 1.807) is 6.92 Å². The minimum absolute atomic E-state index is 0.136. The molecule has 166 valence electrons. The molecular weight excluding hydrogens is 378 g/mol. The van der Waals surface area contributed by atoms with Crippen LogP contribution in [-0.4, -0.2) is 5.91 Å². The maximum absolute atomic E-state index is 11.8. The number of rotatable bonds is 10. The van der Waals surface area contributed by atoms with E-state index >= 15 is 0 Å². The maximum Gasteiger partial charge on any atom is 0.250 e. The molecule has 0 heterocycles. The second-order valence-corrected chi connectivity index (χ2v) is 9.35. The van der Waals surface area contributed by atoms with Gasteiger partial charge in [0.25, 0.3) is 5.91 Å². The monoisotopic (exact) mass is 417 g/mol. The summed E-state index contributed by atoms with van der Waals surface area (Å²) < 4.78 is 0. The fourth-order valence-electron chi connectivity index (χ4n) is 4.75. The van der Waals surface area contributed by atoms with E-state index in [1.165, 1.54) is 80.9 Å². The molecule has 1 aliphatic rings. The predicted molar refractivity (Wildman–Crippen MR) is 133 cm³/mol. The molecule has 1 saturated carbocycles. The highest BCUT2D eigenvalue weighted by Gasteiger charge is 2.22. The number of benzene rings is 2. The molecule has 0 atom stereocenters. The van der Waals surface area contributed by atoms with Gasteiger partial charge in [0.1, 0.15) is 0 Å². The highest BCUT2D eigenvalue weighted by molar-refractivity contribution is 6.02. The zero-order chi connectivity index (χ0) is 22.1.